The van der Waals surface area contributed by atoms with Crippen LogP contribution in [0.4, 0.5) is 5.82 Å². The smallest absolute Gasteiger partial charge is 0.266 e. The highest BCUT2D eigenvalue weighted by Crippen LogP contribution is 2.21. The predicted octanol–water partition coefficient (Wildman–Crippen LogP) is 2.18. The summed E-state index contributed by atoms with van der Waals surface area (Å²) >= 11 is 0. The number of nitrogens with zero attached hydrogens (tertiary/aromatic N) is 4. The Morgan fingerprint density at radius 1 is 1.15 bits per heavy atom. The van der Waals surface area contributed by atoms with E-state index >= 15 is 0 Å². The van der Waals surface area contributed by atoms with Gasteiger partial charge in [-0.1, -0.05) is 18.2 Å². The summed E-state index contributed by atoms with van der Waals surface area (Å²) < 4.78 is 1.55. The number of carbonyl (C=O) groups excluding carboxylic acids is 1. The Balaban J connectivity index is 1.55. The summed E-state index contributed by atoms with van der Waals surface area (Å²) in [7, 11) is 0. The number of aromatic nitrogens is 3. The van der Waals surface area contributed by atoms with Crippen LogP contribution >= 0.6 is 0 Å². The van der Waals surface area contributed by atoms with Crippen molar-refractivity contribution in [1.82, 2.24) is 20.1 Å². The monoisotopic (exact) mass is 443 g/mol. The first-order chi connectivity index (χ1) is 15.9. The number of H-pyrrole nitrogens is 1. The molecule has 0 spiro atoms. The highest BCUT2D eigenvalue weighted by molar-refractivity contribution is 5.76. The summed E-state index contributed by atoms with van der Waals surface area (Å²) in [5.74, 6) is 0.166. The molecule has 3 rings (SSSR count). The Morgan fingerprint density at radius 3 is 2.52 bits per heavy atom. The van der Waals surface area contributed by atoms with Crippen LogP contribution in [-0.2, 0) is 17.6 Å². The summed E-state index contributed by atoms with van der Waals surface area (Å²) in [6, 6.07) is 13.4. The van der Waals surface area contributed by atoms with Gasteiger partial charge in [0, 0.05) is 18.7 Å². The van der Waals surface area contributed by atoms with Gasteiger partial charge in [-0.15, -0.1) is 0 Å². The third-order valence-corrected chi connectivity index (χ3v) is 5.54. The molecule has 0 aliphatic rings. The van der Waals surface area contributed by atoms with Gasteiger partial charge in [0.25, 0.3) is 5.56 Å². The van der Waals surface area contributed by atoms with E-state index < -0.39 is 5.56 Å². The minimum Gasteiger partial charge on any atom is -0.382 e. The first-order valence-electron chi connectivity index (χ1n) is 10.6. The zero-order valence-corrected chi connectivity index (χ0v) is 18.6. The summed E-state index contributed by atoms with van der Waals surface area (Å²) in [5.41, 5.74) is 9.59. The number of hydrogen-bond donors (Lipinski definition) is 3. The molecule has 0 radical (unpaired) electrons. The Bertz CT molecular complexity index is 1310. The number of benzene rings is 1. The number of pyridine rings is 1. The maximum Gasteiger partial charge on any atom is 0.266 e. The average Bonchev–Trinajstić information content (AvgIpc) is 3.12. The molecule has 9 heteroatoms. The van der Waals surface area contributed by atoms with Gasteiger partial charge in [0.2, 0.25) is 5.91 Å². The molecule has 168 valence electrons. The van der Waals surface area contributed by atoms with Crippen molar-refractivity contribution in [1.29, 1.82) is 10.5 Å². The van der Waals surface area contributed by atoms with E-state index in [-0.39, 0.29) is 17.9 Å². The number of para-hydroxylation sites is 1. The van der Waals surface area contributed by atoms with Crippen molar-refractivity contribution in [2.24, 2.45) is 0 Å². The maximum atomic E-state index is 12.3. The fourth-order valence-corrected chi connectivity index (χ4v) is 3.77. The van der Waals surface area contributed by atoms with Gasteiger partial charge in [-0.3, -0.25) is 9.59 Å². The van der Waals surface area contributed by atoms with Gasteiger partial charge < -0.3 is 16.0 Å². The number of hydrogen-bond acceptors (Lipinski definition) is 6. The molecule has 1 aromatic carbocycles. The van der Waals surface area contributed by atoms with Gasteiger partial charge in [0.15, 0.2) is 0 Å². The van der Waals surface area contributed by atoms with Crippen LogP contribution in [0.15, 0.2) is 35.1 Å². The van der Waals surface area contributed by atoms with E-state index in [0.717, 1.165) is 11.3 Å². The fraction of sp³-hybridized carbons (Fsp3) is 0.292. The number of nitrogens with two attached hydrogens (primary N) is 1. The molecule has 0 saturated heterocycles. The number of nitrogens with one attached hydrogen (secondary N) is 2. The van der Waals surface area contributed by atoms with E-state index in [1.54, 1.807) is 18.5 Å². The quantitative estimate of drug-likeness (QED) is 0.454. The number of nitriles is 2. The van der Waals surface area contributed by atoms with Crippen molar-refractivity contribution in [3.63, 3.8) is 0 Å². The molecule has 0 saturated carbocycles. The van der Waals surface area contributed by atoms with E-state index in [1.165, 1.54) is 0 Å². The van der Waals surface area contributed by atoms with Gasteiger partial charge in [0.05, 0.1) is 11.4 Å². The summed E-state index contributed by atoms with van der Waals surface area (Å²) in [5, 5.41) is 26.0. The highest BCUT2D eigenvalue weighted by Gasteiger charge is 2.17. The van der Waals surface area contributed by atoms with Crippen molar-refractivity contribution < 1.29 is 4.79 Å². The van der Waals surface area contributed by atoms with Gasteiger partial charge >= 0.3 is 0 Å². The molecule has 0 atom stereocenters. The average molecular weight is 444 g/mol. The minimum atomic E-state index is -0.409. The lowest BCUT2D eigenvalue weighted by molar-refractivity contribution is -0.121. The molecule has 3 aromatic rings. The van der Waals surface area contributed by atoms with Crippen LogP contribution in [-0.4, -0.2) is 27.2 Å². The topological polar surface area (TPSA) is 153 Å². The van der Waals surface area contributed by atoms with Crippen LogP contribution in [0.1, 0.15) is 46.5 Å². The molecule has 2 heterocycles. The Hall–Kier alpha value is -4.37. The maximum absolute atomic E-state index is 12.3. The van der Waals surface area contributed by atoms with E-state index in [4.69, 9.17) is 11.0 Å². The molecule has 0 aliphatic carbocycles. The first kappa shape index (κ1) is 23.3. The molecule has 2 aromatic heterocycles. The molecule has 0 unspecified atom stereocenters. The number of amides is 1. The van der Waals surface area contributed by atoms with Crippen molar-refractivity contribution in [2.75, 3.05) is 12.3 Å². The second-order valence-corrected chi connectivity index (χ2v) is 7.69. The lowest BCUT2D eigenvalue weighted by atomic mass is 9.99. The molecule has 0 bridgehead atoms. The molecule has 0 fully saturated rings. The number of rotatable bonds is 8. The predicted molar refractivity (Wildman–Crippen MR) is 124 cm³/mol. The van der Waals surface area contributed by atoms with Gasteiger partial charge in [0.1, 0.15) is 29.1 Å². The third-order valence-electron chi connectivity index (χ3n) is 5.54. The Morgan fingerprint density at radius 2 is 1.85 bits per heavy atom. The summed E-state index contributed by atoms with van der Waals surface area (Å²) in [4.78, 5) is 26.8. The third kappa shape index (κ3) is 5.10. The number of carbonyl (C=O) groups is 1. The van der Waals surface area contributed by atoms with Crippen molar-refractivity contribution in [3.05, 3.63) is 74.3 Å². The first-order valence-corrected chi connectivity index (χ1v) is 10.6. The number of aromatic amines is 1. The number of nitrogen functional groups attached to an aromatic ring is 1. The number of anilines is 1. The number of aryl methyl sites for hydroxylation is 2. The molecular weight excluding hydrogens is 418 g/mol. The molecular formula is C24H25N7O2. The Kier molecular flexibility index (Phi) is 7.27. The van der Waals surface area contributed by atoms with Gasteiger partial charge in [-0.2, -0.15) is 15.6 Å². The normalized spacial score (nSPS) is 10.4. The molecule has 33 heavy (non-hydrogen) atoms. The van der Waals surface area contributed by atoms with E-state index in [0.29, 0.717) is 54.1 Å². The SMILES string of the molecule is Cc1[nH]c(=O)c(C#N)c(C)c1CCC(=O)NCCCc1nn(-c2ccccc2)c(N)c1C#N. The summed E-state index contributed by atoms with van der Waals surface area (Å²) in [6.45, 7) is 3.91. The zero-order valence-electron chi connectivity index (χ0n) is 18.6. The molecule has 4 N–H and O–H groups in total. The van der Waals surface area contributed by atoms with E-state index in [9.17, 15) is 14.9 Å². The minimum absolute atomic E-state index is 0.0820. The van der Waals surface area contributed by atoms with Crippen molar-refractivity contribution in [3.8, 4) is 17.8 Å². The largest absolute Gasteiger partial charge is 0.382 e. The van der Waals surface area contributed by atoms with Crippen LogP contribution in [0.2, 0.25) is 0 Å². The van der Waals surface area contributed by atoms with Crippen LogP contribution in [0.3, 0.4) is 0 Å². The second-order valence-electron chi connectivity index (χ2n) is 7.69. The Labute approximate surface area is 191 Å². The van der Waals surface area contributed by atoms with Crippen LogP contribution in [0.25, 0.3) is 5.69 Å². The van der Waals surface area contributed by atoms with Gasteiger partial charge in [-0.05, 0) is 56.4 Å². The molecule has 9 nitrogen and oxygen atoms in total. The van der Waals surface area contributed by atoms with E-state index in [1.807, 2.05) is 36.4 Å². The fourth-order valence-electron chi connectivity index (χ4n) is 3.77. The summed E-state index contributed by atoms with van der Waals surface area (Å²) in [6.07, 6.45) is 1.75. The lowest BCUT2D eigenvalue weighted by Crippen LogP contribution is -2.25. The molecule has 0 aliphatic heterocycles. The zero-order chi connectivity index (χ0) is 24.0. The highest BCUT2D eigenvalue weighted by atomic mass is 16.1. The van der Waals surface area contributed by atoms with Crippen molar-refractivity contribution >= 4 is 11.7 Å². The van der Waals surface area contributed by atoms with E-state index in [2.05, 4.69) is 21.5 Å². The standard InChI is InChI=1S/C24H25N7O2/c1-15-18(16(2)29-24(33)19(15)13-25)10-11-22(32)28-12-6-9-21-20(14-26)23(27)31(30-21)17-7-4-3-5-8-17/h3-5,7-8H,6,9-12,27H2,1-2H3,(H,28,32)(H,29,33). The molecule has 1 amide bonds. The van der Waals surface area contributed by atoms with Crippen molar-refractivity contribution in [2.45, 2.75) is 39.5 Å². The van der Waals surface area contributed by atoms with Crippen LogP contribution in [0, 0.1) is 36.5 Å². The van der Waals surface area contributed by atoms with Crippen LogP contribution < -0.4 is 16.6 Å². The lowest BCUT2D eigenvalue weighted by Gasteiger charge is -2.11. The van der Waals surface area contributed by atoms with Gasteiger partial charge in [-0.25, -0.2) is 4.68 Å². The second kappa shape index (κ2) is 10.3. The van der Waals surface area contributed by atoms with Crippen LogP contribution in [0.5, 0.6) is 0 Å².